The first-order valence-corrected chi connectivity index (χ1v) is 9.44. The van der Waals surface area contributed by atoms with E-state index in [1.54, 1.807) is 11.9 Å². The van der Waals surface area contributed by atoms with Crippen LogP contribution in [-0.4, -0.2) is 80.9 Å². The fourth-order valence-electron chi connectivity index (χ4n) is 3.04. The van der Waals surface area contributed by atoms with Crippen LogP contribution in [-0.2, 0) is 14.6 Å². The molecule has 122 valence electrons. The zero-order valence-corrected chi connectivity index (χ0v) is 14.1. The topological polar surface area (TPSA) is 69.7 Å². The fraction of sp³-hybridized carbons (Fsp3) is 0.929. The molecule has 2 fully saturated rings. The summed E-state index contributed by atoms with van der Waals surface area (Å²) in [6.07, 6.45) is 2.62. The molecule has 0 aromatic rings. The Labute approximate surface area is 127 Å². The first kappa shape index (κ1) is 16.7. The maximum Gasteiger partial charge on any atom is 0.236 e. The molecule has 2 heterocycles. The van der Waals surface area contributed by atoms with Gasteiger partial charge in [0.2, 0.25) is 5.91 Å². The monoisotopic (exact) mass is 317 g/mol. The molecule has 21 heavy (non-hydrogen) atoms. The predicted molar refractivity (Wildman–Crippen MR) is 83.0 cm³/mol. The molecule has 0 spiro atoms. The van der Waals surface area contributed by atoms with Crippen LogP contribution in [0.15, 0.2) is 0 Å². The van der Waals surface area contributed by atoms with Gasteiger partial charge in [-0.2, -0.15) is 0 Å². The number of likely N-dealkylation sites (N-methyl/N-ethyl adjacent to an activating group) is 1. The molecule has 7 heteroatoms. The summed E-state index contributed by atoms with van der Waals surface area (Å²) in [5.74, 6) is 0.359. The van der Waals surface area contributed by atoms with Crippen molar-refractivity contribution in [2.24, 2.45) is 0 Å². The van der Waals surface area contributed by atoms with Crippen molar-refractivity contribution >= 4 is 15.7 Å². The van der Waals surface area contributed by atoms with Crippen molar-refractivity contribution in [1.29, 1.82) is 0 Å². The summed E-state index contributed by atoms with van der Waals surface area (Å²) in [5, 5.41) is 3.34. The second kappa shape index (κ2) is 6.22. The third-order valence-electron chi connectivity index (χ3n) is 5.07. The van der Waals surface area contributed by atoms with Crippen LogP contribution in [0.3, 0.4) is 0 Å². The lowest BCUT2D eigenvalue weighted by Gasteiger charge is -2.39. The van der Waals surface area contributed by atoms with Gasteiger partial charge < -0.3 is 10.2 Å². The Morgan fingerprint density at radius 3 is 2.48 bits per heavy atom. The number of piperidine rings is 1. The third-order valence-corrected chi connectivity index (χ3v) is 6.82. The second-order valence-electron chi connectivity index (χ2n) is 6.65. The summed E-state index contributed by atoms with van der Waals surface area (Å²) in [7, 11) is 0.771. The van der Waals surface area contributed by atoms with Crippen molar-refractivity contribution in [3.8, 4) is 0 Å². The van der Waals surface area contributed by atoms with Gasteiger partial charge in [-0.3, -0.25) is 9.69 Å². The first-order chi connectivity index (χ1) is 9.75. The Bertz CT molecular complexity index is 484. The average molecular weight is 317 g/mol. The van der Waals surface area contributed by atoms with Gasteiger partial charge in [0.1, 0.15) is 0 Å². The number of sulfone groups is 1. The van der Waals surface area contributed by atoms with E-state index in [0.717, 1.165) is 25.9 Å². The van der Waals surface area contributed by atoms with Crippen LogP contribution >= 0.6 is 0 Å². The van der Waals surface area contributed by atoms with Gasteiger partial charge in [0.25, 0.3) is 0 Å². The standard InChI is InChI=1S/C14H27N3O3S/c1-14(15-2)5-7-17(8-6-14)10-13(18)16(3)12-4-9-21(19,20)11-12/h12,15H,4-11H2,1-3H3. The van der Waals surface area contributed by atoms with E-state index in [2.05, 4.69) is 17.1 Å². The van der Waals surface area contributed by atoms with Crippen molar-refractivity contribution in [3.05, 3.63) is 0 Å². The molecule has 1 atom stereocenters. The number of hydrogen-bond acceptors (Lipinski definition) is 5. The molecule has 0 aromatic heterocycles. The Kier molecular flexibility index (Phi) is 4.95. The summed E-state index contributed by atoms with van der Waals surface area (Å²) in [5.41, 5.74) is 0.172. The van der Waals surface area contributed by atoms with Gasteiger partial charge >= 0.3 is 0 Å². The minimum Gasteiger partial charge on any atom is -0.341 e. The normalized spacial score (nSPS) is 28.4. The second-order valence-corrected chi connectivity index (χ2v) is 8.88. The molecule has 2 saturated heterocycles. The highest BCUT2D eigenvalue weighted by molar-refractivity contribution is 7.91. The molecular formula is C14H27N3O3S. The first-order valence-electron chi connectivity index (χ1n) is 7.62. The lowest BCUT2D eigenvalue weighted by atomic mass is 9.90. The minimum atomic E-state index is -2.94. The van der Waals surface area contributed by atoms with E-state index < -0.39 is 9.84 Å². The van der Waals surface area contributed by atoms with Crippen LogP contribution in [0.25, 0.3) is 0 Å². The largest absolute Gasteiger partial charge is 0.341 e. The number of nitrogens with one attached hydrogen (secondary N) is 1. The lowest BCUT2D eigenvalue weighted by Crippen LogP contribution is -2.52. The maximum absolute atomic E-state index is 12.3. The third kappa shape index (κ3) is 4.17. The highest BCUT2D eigenvalue weighted by atomic mass is 32.2. The van der Waals surface area contributed by atoms with E-state index in [1.165, 1.54) is 0 Å². The highest BCUT2D eigenvalue weighted by Gasteiger charge is 2.34. The molecular weight excluding hydrogens is 290 g/mol. The number of hydrogen-bond donors (Lipinski definition) is 1. The van der Waals surface area contributed by atoms with Gasteiger partial charge in [0, 0.05) is 31.7 Å². The van der Waals surface area contributed by atoms with Crippen LogP contribution < -0.4 is 5.32 Å². The van der Waals surface area contributed by atoms with Gasteiger partial charge in [0.15, 0.2) is 9.84 Å². The Morgan fingerprint density at radius 1 is 1.38 bits per heavy atom. The lowest BCUT2D eigenvalue weighted by molar-refractivity contribution is -0.133. The van der Waals surface area contributed by atoms with E-state index in [0.29, 0.717) is 13.0 Å². The summed E-state index contributed by atoms with van der Waals surface area (Å²) < 4.78 is 23.0. The van der Waals surface area contributed by atoms with E-state index >= 15 is 0 Å². The molecule has 6 nitrogen and oxygen atoms in total. The summed E-state index contributed by atoms with van der Waals surface area (Å²) >= 11 is 0. The van der Waals surface area contributed by atoms with Crippen LogP contribution in [0.4, 0.5) is 0 Å². The van der Waals surface area contributed by atoms with Gasteiger partial charge in [-0.25, -0.2) is 8.42 Å². The highest BCUT2D eigenvalue weighted by Crippen LogP contribution is 2.21. The van der Waals surface area contributed by atoms with Gasteiger partial charge in [-0.15, -0.1) is 0 Å². The molecule has 0 bridgehead atoms. The SMILES string of the molecule is CNC1(C)CCN(CC(=O)N(C)C2CCS(=O)(=O)C2)CC1. The van der Waals surface area contributed by atoms with E-state index in [1.807, 2.05) is 7.05 Å². The van der Waals surface area contributed by atoms with Crippen molar-refractivity contribution < 1.29 is 13.2 Å². The van der Waals surface area contributed by atoms with Gasteiger partial charge in [-0.05, 0) is 33.2 Å². The maximum atomic E-state index is 12.3. The molecule has 2 aliphatic heterocycles. The molecule has 2 rings (SSSR count). The Morgan fingerprint density at radius 2 is 2.00 bits per heavy atom. The fourth-order valence-corrected chi connectivity index (χ4v) is 4.82. The van der Waals surface area contributed by atoms with Crippen molar-refractivity contribution in [1.82, 2.24) is 15.1 Å². The van der Waals surface area contributed by atoms with Crippen LogP contribution in [0, 0.1) is 0 Å². The summed E-state index contributed by atoms with van der Waals surface area (Å²) in [4.78, 5) is 16.1. The summed E-state index contributed by atoms with van der Waals surface area (Å²) in [6.45, 7) is 4.41. The number of likely N-dealkylation sites (tertiary alicyclic amines) is 1. The van der Waals surface area contributed by atoms with Crippen molar-refractivity contribution in [2.45, 2.75) is 37.8 Å². The number of rotatable bonds is 4. The molecule has 0 aliphatic carbocycles. The number of nitrogens with zero attached hydrogens (tertiary/aromatic N) is 2. The molecule has 0 saturated carbocycles. The van der Waals surface area contributed by atoms with Crippen molar-refractivity contribution in [2.75, 3.05) is 45.2 Å². The zero-order chi connectivity index (χ0) is 15.7. The van der Waals surface area contributed by atoms with E-state index in [-0.39, 0.29) is 29.0 Å². The Hall–Kier alpha value is -0.660. The number of amides is 1. The average Bonchev–Trinajstić information content (AvgIpc) is 2.81. The van der Waals surface area contributed by atoms with Crippen LogP contribution in [0.2, 0.25) is 0 Å². The number of carbonyl (C=O) groups excluding carboxylic acids is 1. The predicted octanol–water partition coefficient (Wildman–Crippen LogP) is -0.294. The molecule has 1 N–H and O–H groups in total. The van der Waals surface area contributed by atoms with Crippen LogP contribution in [0.5, 0.6) is 0 Å². The molecule has 0 radical (unpaired) electrons. The Balaban J connectivity index is 1.82. The molecule has 2 aliphatic rings. The molecule has 1 unspecified atom stereocenters. The smallest absolute Gasteiger partial charge is 0.236 e. The number of carbonyl (C=O) groups is 1. The van der Waals surface area contributed by atoms with Gasteiger partial charge in [0.05, 0.1) is 18.1 Å². The van der Waals surface area contributed by atoms with Crippen LogP contribution in [0.1, 0.15) is 26.2 Å². The zero-order valence-electron chi connectivity index (χ0n) is 13.3. The molecule has 1 amide bonds. The van der Waals surface area contributed by atoms with Crippen molar-refractivity contribution in [3.63, 3.8) is 0 Å². The van der Waals surface area contributed by atoms with E-state index in [4.69, 9.17) is 0 Å². The minimum absolute atomic E-state index is 0.0326. The van der Waals surface area contributed by atoms with E-state index in [9.17, 15) is 13.2 Å². The molecule has 0 aromatic carbocycles. The van der Waals surface area contributed by atoms with Gasteiger partial charge in [-0.1, -0.05) is 0 Å². The quantitative estimate of drug-likeness (QED) is 0.771. The summed E-state index contributed by atoms with van der Waals surface area (Å²) in [6, 6.07) is -0.144.